The van der Waals surface area contributed by atoms with E-state index in [1.165, 1.54) is 0 Å². The molecule has 0 spiro atoms. The number of rotatable bonds is 8. The monoisotopic (exact) mass is 231 g/mol. The van der Waals surface area contributed by atoms with Crippen LogP contribution in [0, 0.1) is 0 Å². The van der Waals surface area contributed by atoms with Crippen molar-refractivity contribution in [2.45, 2.75) is 39.7 Å². The second-order valence-electron chi connectivity index (χ2n) is 4.08. The van der Waals surface area contributed by atoms with Crippen molar-refractivity contribution >= 4 is 5.97 Å². The molecule has 0 aromatic carbocycles. The standard InChI is InChI=1S/C12H25NO3/c1-6-13(7-2)12(4,10-15-5)9-11(14)16-8-3/h6-10H2,1-5H3. The Morgan fingerprint density at radius 2 is 1.81 bits per heavy atom. The first-order valence-electron chi connectivity index (χ1n) is 5.93. The van der Waals surface area contributed by atoms with E-state index in [0.717, 1.165) is 13.1 Å². The van der Waals surface area contributed by atoms with Gasteiger partial charge in [0, 0.05) is 7.11 Å². The zero-order valence-corrected chi connectivity index (χ0v) is 11.2. The lowest BCUT2D eigenvalue weighted by atomic mass is 9.96. The summed E-state index contributed by atoms with van der Waals surface area (Å²) in [6.07, 6.45) is 0.371. The van der Waals surface area contributed by atoms with E-state index < -0.39 is 0 Å². The molecule has 0 rings (SSSR count). The Morgan fingerprint density at radius 3 is 2.19 bits per heavy atom. The molecule has 0 bridgehead atoms. The fraction of sp³-hybridized carbons (Fsp3) is 0.917. The molecule has 16 heavy (non-hydrogen) atoms. The normalized spacial score (nSPS) is 14.9. The van der Waals surface area contributed by atoms with Crippen LogP contribution in [0.15, 0.2) is 0 Å². The molecule has 4 nitrogen and oxygen atoms in total. The van der Waals surface area contributed by atoms with Gasteiger partial charge in [-0.3, -0.25) is 9.69 Å². The third-order valence-electron chi connectivity index (χ3n) is 2.81. The molecule has 4 heteroatoms. The van der Waals surface area contributed by atoms with Gasteiger partial charge < -0.3 is 9.47 Å². The van der Waals surface area contributed by atoms with Gasteiger partial charge in [0.15, 0.2) is 0 Å². The van der Waals surface area contributed by atoms with E-state index in [1.54, 1.807) is 7.11 Å². The lowest BCUT2D eigenvalue weighted by molar-refractivity contribution is -0.147. The molecule has 1 unspecified atom stereocenters. The van der Waals surface area contributed by atoms with E-state index in [-0.39, 0.29) is 11.5 Å². The third kappa shape index (κ3) is 4.49. The van der Waals surface area contributed by atoms with Gasteiger partial charge in [-0.2, -0.15) is 0 Å². The van der Waals surface area contributed by atoms with Crippen LogP contribution in [0.4, 0.5) is 0 Å². The van der Waals surface area contributed by atoms with Crippen LogP contribution in [0.25, 0.3) is 0 Å². The number of likely N-dealkylation sites (N-methyl/N-ethyl adjacent to an activating group) is 1. The van der Waals surface area contributed by atoms with Crippen LogP contribution in [0.1, 0.15) is 34.1 Å². The molecule has 0 aromatic heterocycles. The molecule has 0 N–H and O–H groups in total. The van der Waals surface area contributed by atoms with E-state index >= 15 is 0 Å². The molecule has 0 heterocycles. The Morgan fingerprint density at radius 1 is 1.25 bits per heavy atom. The number of ether oxygens (including phenoxy) is 2. The van der Waals surface area contributed by atoms with E-state index in [1.807, 2.05) is 13.8 Å². The molecule has 0 fully saturated rings. The van der Waals surface area contributed by atoms with Crippen molar-refractivity contribution in [1.29, 1.82) is 0 Å². The highest BCUT2D eigenvalue weighted by molar-refractivity contribution is 5.70. The van der Waals surface area contributed by atoms with E-state index in [0.29, 0.717) is 19.6 Å². The average molecular weight is 231 g/mol. The van der Waals surface area contributed by atoms with Crippen LogP contribution in [0.5, 0.6) is 0 Å². The molecular weight excluding hydrogens is 206 g/mol. The number of carbonyl (C=O) groups is 1. The van der Waals surface area contributed by atoms with Crippen LogP contribution < -0.4 is 0 Å². The van der Waals surface area contributed by atoms with Gasteiger partial charge in [-0.1, -0.05) is 13.8 Å². The van der Waals surface area contributed by atoms with Gasteiger partial charge in [-0.15, -0.1) is 0 Å². The highest BCUT2D eigenvalue weighted by Gasteiger charge is 2.33. The van der Waals surface area contributed by atoms with Crippen molar-refractivity contribution in [3.05, 3.63) is 0 Å². The van der Waals surface area contributed by atoms with Crippen molar-refractivity contribution in [3.8, 4) is 0 Å². The maximum Gasteiger partial charge on any atom is 0.307 e. The molecule has 0 aliphatic carbocycles. The Kier molecular flexibility index (Phi) is 7.34. The number of hydrogen-bond donors (Lipinski definition) is 0. The molecule has 0 aliphatic rings. The maximum absolute atomic E-state index is 11.6. The summed E-state index contributed by atoms with van der Waals surface area (Å²) in [6.45, 7) is 10.8. The van der Waals surface area contributed by atoms with Crippen LogP contribution >= 0.6 is 0 Å². The Labute approximate surface area is 98.9 Å². The van der Waals surface area contributed by atoms with Gasteiger partial charge in [0.25, 0.3) is 0 Å². The molecule has 0 saturated heterocycles. The van der Waals surface area contributed by atoms with Crippen LogP contribution in [-0.2, 0) is 14.3 Å². The zero-order chi connectivity index (χ0) is 12.6. The molecule has 0 aromatic rings. The Bertz CT molecular complexity index is 204. The van der Waals surface area contributed by atoms with Crippen molar-refractivity contribution in [1.82, 2.24) is 4.90 Å². The number of hydrogen-bond acceptors (Lipinski definition) is 4. The first-order valence-corrected chi connectivity index (χ1v) is 5.93. The van der Waals surface area contributed by atoms with Gasteiger partial charge in [-0.25, -0.2) is 0 Å². The van der Waals surface area contributed by atoms with Gasteiger partial charge in [0.1, 0.15) is 0 Å². The summed E-state index contributed by atoms with van der Waals surface area (Å²) >= 11 is 0. The second kappa shape index (κ2) is 7.63. The molecule has 0 aliphatic heterocycles. The molecule has 0 amide bonds. The smallest absolute Gasteiger partial charge is 0.307 e. The maximum atomic E-state index is 11.6. The number of methoxy groups -OCH3 is 1. The quantitative estimate of drug-likeness (QED) is 0.596. The largest absolute Gasteiger partial charge is 0.466 e. The Hall–Kier alpha value is -0.610. The number of carbonyl (C=O) groups excluding carboxylic acids is 1. The lowest BCUT2D eigenvalue weighted by Crippen LogP contribution is -2.51. The minimum absolute atomic E-state index is 0.158. The van der Waals surface area contributed by atoms with Crippen molar-refractivity contribution in [2.75, 3.05) is 33.4 Å². The van der Waals surface area contributed by atoms with E-state index in [9.17, 15) is 4.79 Å². The van der Waals surface area contributed by atoms with Crippen molar-refractivity contribution in [3.63, 3.8) is 0 Å². The Balaban J connectivity index is 4.59. The van der Waals surface area contributed by atoms with Gasteiger partial charge >= 0.3 is 5.97 Å². The third-order valence-corrected chi connectivity index (χ3v) is 2.81. The second-order valence-corrected chi connectivity index (χ2v) is 4.08. The average Bonchev–Trinajstić information content (AvgIpc) is 2.19. The molecule has 0 radical (unpaired) electrons. The van der Waals surface area contributed by atoms with Gasteiger partial charge in [-0.05, 0) is 26.9 Å². The molecule has 0 saturated carbocycles. The molecule has 1 atom stereocenters. The van der Waals surface area contributed by atoms with Crippen molar-refractivity contribution < 1.29 is 14.3 Å². The highest BCUT2D eigenvalue weighted by atomic mass is 16.5. The SMILES string of the molecule is CCOC(=O)CC(C)(COC)N(CC)CC. The summed E-state index contributed by atoms with van der Waals surface area (Å²) in [5.74, 6) is -0.158. The van der Waals surface area contributed by atoms with Crippen LogP contribution in [0.2, 0.25) is 0 Å². The number of nitrogens with zero attached hydrogens (tertiary/aromatic N) is 1. The van der Waals surface area contributed by atoms with Crippen molar-refractivity contribution in [2.24, 2.45) is 0 Å². The van der Waals surface area contributed by atoms with Crippen LogP contribution in [0.3, 0.4) is 0 Å². The summed E-state index contributed by atoms with van der Waals surface area (Å²) in [5, 5.41) is 0. The fourth-order valence-electron chi connectivity index (χ4n) is 2.08. The first kappa shape index (κ1) is 15.4. The molecular formula is C12H25NO3. The minimum Gasteiger partial charge on any atom is -0.466 e. The predicted molar refractivity (Wildman–Crippen MR) is 64.5 cm³/mol. The lowest BCUT2D eigenvalue weighted by Gasteiger charge is -2.39. The predicted octanol–water partition coefficient (Wildman–Crippen LogP) is 1.69. The summed E-state index contributed by atoms with van der Waals surface area (Å²) in [5.41, 5.74) is -0.273. The summed E-state index contributed by atoms with van der Waals surface area (Å²) in [4.78, 5) is 13.8. The zero-order valence-electron chi connectivity index (χ0n) is 11.2. The molecule has 96 valence electrons. The highest BCUT2D eigenvalue weighted by Crippen LogP contribution is 2.20. The van der Waals surface area contributed by atoms with E-state index in [4.69, 9.17) is 9.47 Å². The van der Waals surface area contributed by atoms with Gasteiger partial charge in [0.05, 0.1) is 25.2 Å². The number of esters is 1. The summed E-state index contributed by atoms with van der Waals surface area (Å²) in [7, 11) is 1.66. The summed E-state index contributed by atoms with van der Waals surface area (Å²) < 4.78 is 10.2. The fourth-order valence-corrected chi connectivity index (χ4v) is 2.08. The van der Waals surface area contributed by atoms with E-state index in [2.05, 4.69) is 18.7 Å². The first-order chi connectivity index (χ1) is 7.53. The van der Waals surface area contributed by atoms with Gasteiger partial charge in [0.2, 0.25) is 0 Å². The summed E-state index contributed by atoms with van der Waals surface area (Å²) in [6, 6.07) is 0. The topological polar surface area (TPSA) is 38.8 Å². The van der Waals surface area contributed by atoms with Crippen LogP contribution in [-0.4, -0.2) is 49.8 Å². The minimum atomic E-state index is -0.273.